The van der Waals surface area contributed by atoms with Crippen LogP contribution in [0, 0.1) is 17.5 Å². The SMILES string of the molecule is CC1(C)OB(c2cc(F)cc3c2cnn3S(C)(=O)=O)OC1(C)C.CS(=O)(=O)Cl.CS(=O)(=O)n1ncc2c(Br)cc(F)cc21.Fc1cc(Br)c2c(c1)CN=C2.[H-].[NH-][P+](I)=S=BI.[Na+]. The maximum atomic E-state index is 14.0. The molecule has 0 spiro atoms. The van der Waals surface area contributed by atoms with Crippen LogP contribution in [-0.4, -0.2) is 90.9 Å². The van der Waals surface area contributed by atoms with E-state index in [9.17, 15) is 38.4 Å². The molecular weight excluding hydrogens is 1290 g/mol. The molecule has 3 aromatic carbocycles. The second-order valence-corrected chi connectivity index (χ2v) is 30.8. The Balaban J connectivity index is 0.000000427. The van der Waals surface area contributed by atoms with Crippen LogP contribution in [0.25, 0.3) is 27.3 Å². The average molecular weight is 1330 g/mol. The van der Waals surface area contributed by atoms with Crippen molar-refractivity contribution in [3.05, 3.63) is 91.8 Å². The van der Waals surface area contributed by atoms with Gasteiger partial charge in [-0.1, -0.05) is 15.9 Å². The molecule has 328 valence electrons. The number of aromatic nitrogens is 4. The number of benzene rings is 3. The van der Waals surface area contributed by atoms with Crippen molar-refractivity contribution in [2.45, 2.75) is 45.4 Å². The second kappa shape index (κ2) is 23.2. The van der Waals surface area contributed by atoms with Gasteiger partial charge < -0.3 is 10.7 Å². The number of rotatable bonds is 3. The van der Waals surface area contributed by atoms with Gasteiger partial charge in [0.15, 0.2) is 0 Å². The van der Waals surface area contributed by atoms with Crippen molar-refractivity contribution in [2.75, 3.05) is 18.8 Å². The fourth-order valence-electron chi connectivity index (χ4n) is 5.00. The number of hydrogen-bond donors (Lipinski definition) is 0. The molecule has 2 aliphatic heterocycles. The minimum atomic E-state index is -3.63. The van der Waals surface area contributed by atoms with Gasteiger partial charge in [-0.15, -0.1) is 0 Å². The minimum Gasteiger partial charge on any atom is 1.00 e. The van der Waals surface area contributed by atoms with Gasteiger partial charge in [0.2, 0.25) is 9.05 Å². The van der Waals surface area contributed by atoms with E-state index in [0.29, 0.717) is 27.3 Å². The zero-order valence-electron chi connectivity index (χ0n) is 34.2. The molecule has 1 fully saturated rings. The van der Waals surface area contributed by atoms with Gasteiger partial charge in [0.25, 0.3) is 20.0 Å². The zero-order valence-corrected chi connectivity index (χ0v) is 47.6. The molecule has 4 heterocycles. The third-order valence-electron chi connectivity index (χ3n) is 8.15. The van der Waals surface area contributed by atoms with Gasteiger partial charge in [-0.05, 0) is 78.9 Å². The first-order valence-electron chi connectivity index (χ1n) is 16.3. The molecule has 0 bridgehead atoms. The van der Waals surface area contributed by atoms with E-state index in [4.69, 9.17) is 14.8 Å². The average Bonchev–Trinajstić information content (AvgIpc) is 3.85. The molecule has 1 N–H and O–H groups in total. The summed E-state index contributed by atoms with van der Waals surface area (Å²) < 4.78 is 121. The van der Waals surface area contributed by atoms with Gasteiger partial charge in [-0.3, -0.25) is 4.99 Å². The maximum absolute atomic E-state index is 14.0. The van der Waals surface area contributed by atoms with Gasteiger partial charge in [0.1, 0.15) is 17.5 Å². The van der Waals surface area contributed by atoms with E-state index < -0.39 is 63.5 Å². The Hall–Kier alpha value is 0.150. The topological polar surface area (TPSA) is 193 Å². The number of fused-ring (bicyclic) bond motifs is 3. The van der Waals surface area contributed by atoms with Crippen molar-refractivity contribution in [3.8, 4) is 0 Å². The van der Waals surface area contributed by atoms with Gasteiger partial charge in [-0.25, -0.2) is 38.4 Å². The summed E-state index contributed by atoms with van der Waals surface area (Å²) >= 11 is 10.6. The summed E-state index contributed by atoms with van der Waals surface area (Å²) in [6, 6.07) is 7.80. The van der Waals surface area contributed by atoms with Crippen LogP contribution in [0.2, 0.25) is 0 Å². The van der Waals surface area contributed by atoms with Crippen LogP contribution in [0.15, 0.2) is 62.7 Å². The van der Waals surface area contributed by atoms with E-state index in [1.807, 2.05) is 31.7 Å². The molecule has 5 aromatic rings. The largest absolute Gasteiger partial charge is 1.00 e. The summed E-state index contributed by atoms with van der Waals surface area (Å²) in [7, 11) is -5.06. The molecule has 2 aliphatic rings. The first-order valence-corrected chi connectivity index (χ1v) is 31.1. The van der Waals surface area contributed by atoms with E-state index in [1.165, 1.54) is 36.7 Å². The van der Waals surface area contributed by atoms with Gasteiger partial charge in [-0.2, -0.15) is 18.4 Å². The van der Waals surface area contributed by atoms with Gasteiger partial charge >= 0.3 is 105 Å². The molecule has 0 saturated carbocycles. The monoisotopic (exact) mass is 1330 g/mol. The molecular formula is C31H34B2Br2ClF3I2N6NaO8PS4. The number of halogens is 8. The molecule has 0 amide bonds. The van der Waals surface area contributed by atoms with Crippen LogP contribution in [0.3, 0.4) is 0 Å². The Kier molecular flexibility index (Phi) is 21.8. The summed E-state index contributed by atoms with van der Waals surface area (Å²) in [4.78, 5) is 4.03. The van der Waals surface area contributed by atoms with E-state index in [0.717, 1.165) is 54.7 Å². The molecule has 14 nitrogen and oxygen atoms in total. The van der Waals surface area contributed by atoms with Crippen molar-refractivity contribution < 1.29 is 78.7 Å². The Morgan fingerprint density at radius 3 is 1.72 bits per heavy atom. The maximum Gasteiger partial charge on any atom is 1.00 e. The van der Waals surface area contributed by atoms with Crippen LogP contribution >= 0.6 is 91.4 Å². The van der Waals surface area contributed by atoms with E-state index in [2.05, 4.69) is 102 Å². The molecule has 1 atom stereocenters. The first kappa shape index (κ1) is 57.3. The molecule has 1 unspecified atom stereocenters. The quantitative estimate of drug-likeness (QED) is 0.0951. The van der Waals surface area contributed by atoms with Crippen LogP contribution in [0.4, 0.5) is 13.2 Å². The molecule has 0 aliphatic carbocycles. The Morgan fingerprint density at radius 2 is 1.28 bits per heavy atom. The summed E-state index contributed by atoms with van der Waals surface area (Å²) in [6.07, 6.45) is 7.47. The van der Waals surface area contributed by atoms with Crippen LogP contribution in [0.1, 0.15) is 40.2 Å². The van der Waals surface area contributed by atoms with Crippen LogP contribution in [-0.2, 0) is 55.3 Å². The Morgan fingerprint density at radius 1 is 0.852 bits per heavy atom. The van der Waals surface area contributed by atoms with Gasteiger partial charge in [0, 0.05) is 54.3 Å². The van der Waals surface area contributed by atoms with Crippen molar-refractivity contribution in [3.63, 3.8) is 0 Å². The van der Waals surface area contributed by atoms with Crippen molar-refractivity contribution in [2.24, 2.45) is 4.99 Å². The fourth-order valence-corrected chi connectivity index (χ4v) is 14.8. The normalized spacial score (nSPS) is 15.0. The van der Waals surface area contributed by atoms with Crippen molar-refractivity contribution in [1.29, 1.82) is 0 Å². The summed E-state index contributed by atoms with van der Waals surface area (Å²) in [5.74, 6) is -1.30. The molecule has 61 heavy (non-hydrogen) atoms. The number of aliphatic imine (C=N–C) groups is 1. The number of nitrogens with zero attached hydrogens (tertiary/aromatic N) is 5. The standard InChI is InChI=1S/C14H18BFN2O4S.C8H6BrFN2O2S.C8H5BrFN.CH3ClO2S.BHI2NPS.Na.H/c1-13(2)14(3,4)22-15(21-13)11-6-9(16)7-12-10(11)8-17-18(12)23(5,19)20;1-15(13,14)12-8-3-5(10)2-7(9)6(8)4-11-12;9-8-2-6(10)1-5-3-11-4-7(5)8;1-5(2,3)4;2-1-6-5(3)4;;/h6-8H,1-5H3;2-4H,1H3;1-2,4H,3H2;1H3;4H;;/q;;;;;+1;-1. The summed E-state index contributed by atoms with van der Waals surface area (Å²) in [5.41, 5.74) is 8.57. The van der Waals surface area contributed by atoms with E-state index in [-0.39, 0.29) is 47.8 Å². The second-order valence-electron chi connectivity index (χ2n) is 13.4. The third-order valence-corrected chi connectivity index (χ3v) is 16.5. The minimum absolute atomic E-state index is 0. The summed E-state index contributed by atoms with van der Waals surface area (Å²) in [6.45, 7) is 8.17. The number of nitrogens with one attached hydrogen (secondary N) is 1. The van der Waals surface area contributed by atoms with Crippen LogP contribution < -0.4 is 35.0 Å². The summed E-state index contributed by atoms with van der Waals surface area (Å²) in [5, 5.41) is 8.60. The molecule has 7 rings (SSSR count). The molecule has 2 aromatic heterocycles. The first-order chi connectivity index (χ1) is 27.4. The smallest absolute Gasteiger partial charge is 1.00 e. The van der Waals surface area contributed by atoms with Crippen molar-refractivity contribution >= 4 is 176 Å². The number of hydrogen-bond acceptors (Lipinski definition) is 11. The zero-order chi connectivity index (χ0) is 45.8. The molecule has 0 radical (unpaired) electrons. The Labute approximate surface area is 428 Å². The fraction of sp³-hybridized carbons (Fsp3) is 0.323. The predicted octanol–water partition coefficient (Wildman–Crippen LogP) is 5.60. The molecule has 30 heteroatoms. The van der Waals surface area contributed by atoms with Crippen LogP contribution in [0.5, 0.6) is 0 Å². The van der Waals surface area contributed by atoms with Gasteiger partial charge in [0.05, 0.1) is 59.9 Å². The molecule has 1 saturated heterocycles. The van der Waals surface area contributed by atoms with E-state index in [1.54, 1.807) is 16.6 Å². The third kappa shape index (κ3) is 16.8. The Bertz CT molecular complexity index is 2860. The predicted molar refractivity (Wildman–Crippen MR) is 263 cm³/mol. The van der Waals surface area contributed by atoms with Crippen molar-refractivity contribution in [1.82, 2.24) is 18.4 Å². The van der Waals surface area contributed by atoms with E-state index >= 15 is 0 Å².